The van der Waals surface area contributed by atoms with Crippen LogP contribution in [-0.2, 0) is 16.0 Å². The van der Waals surface area contributed by atoms with E-state index in [2.05, 4.69) is 32.3 Å². The molecule has 0 aromatic carbocycles. The molecule has 0 aliphatic carbocycles. The summed E-state index contributed by atoms with van der Waals surface area (Å²) in [6, 6.07) is 0. The molecule has 0 saturated carbocycles. The summed E-state index contributed by atoms with van der Waals surface area (Å²) in [5.41, 5.74) is 0. The summed E-state index contributed by atoms with van der Waals surface area (Å²) in [7, 11) is 3.18. The fraction of sp³-hybridized carbons (Fsp3) is 0.733. The molecule has 1 aromatic rings. The zero-order valence-corrected chi connectivity index (χ0v) is 16.9. The SMILES string of the molecule is CN=C(NCCCc1nc(C)no1)N1CC(C)C(C(=O)OC)C1.I. The Kier molecular flexibility index (Phi) is 8.43. The van der Waals surface area contributed by atoms with Crippen LogP contribution in [-0.4, -0.2) is 60.8 Å². The van der Waals surface area contributed by atoms with Crippen LogP contribution >= 0.6 is 24.0 Å². The third kappa shape index (κ3) is 5.32. The molecular weight excluding hydrogens is 425 g/mol. The molecule has 0 spiro atoms. The maximum atomic E-state index is 11.8. The van der Waals surface area contributed by atoms with E-state index in [1.165, 1.54) is 7.11 Å². The van der Waals surface area contributed by atoms with Gasteiger partial charge in [0.15, 0.2) is 11.8 Å². The molecular formula is C15H26IN5O3. The molecule has 0 amide bonds. The van der Waals surface area contributed by atoms with Crippen LogP contribution in [0.1, 0.15) is 25.1 Å². The first-order valence-corrected chi connectivity index (χ1v) is 7.87. The third-order valence-electron chi connectivity index (χ3n) is 4.05. The Bertz CT molecular complexity index is 563. The number of aliphatic imine (C=N–C) groups is 1. The highest BCUT2D eigenvalue weighted by Crippen LogP contribution is 2.24. The van der Waals surface area contributed by atoms with Crippen molar-refractivity contribution in [2.45, 2.75) is 26.7 Å². The number of nitrogens with zero attached hydrogens (tertiary/aromatic N) is 4. The van der Waals surface area contributed by atoms with Crippen molar-refractivity contribution in [2.24, 2.45) is 16.8 Å². The number of halogens is 1. The van der Waals surface area contributed by atoms with Gasteiger partial charge >= 0.3 is 5.97 Å². The number of hydrogen-bond donors (Lipinski definition) is 1. The molecule has 2 atom stereocenters. The van der Waals surface area contributed by atoms with Gasteiger partial charge in [0.1, 0.15) is 0 Å². The Morgan fingerprint density at radius 1 is 1.50 bits per heavy atom. The summed E-state index contributed by atoms with van der Waals surface area (Å²) < 4.78 is 9.95. The van der Waals surface area contributed by atoms with Gasteiger partial charge in [0.2, 0.25) is 5.89 Å². The first-order chi connectivity index (χ1) is 11.0. The average molecular weight is 451 g/mol. The van der Waals surface area contributed by atoms with Gasteiger partial charge in [-0.2, -0.15) is 4.98 Å². The lowest BCUT2D eigenvalue weighted by Gasteiger charge is -2.21. The molecule has 2 rings (SSSR count). The Morgan fingerprint density at radius 2 is 2.25 bits per heavy atom. The van der Waals surface area contributed by atoms with Crippen LogP contribution in [0.15, 0.2) is 9.52 Å². The van der Waals surface area contributed by atoms with Gasteiger partial charge in [-0.15, -0.1) is 24.0 Å². The van der Waals surface area contributed by atoms with E-state index in [0.717, 1.165) is 31.9 Å². The zero-order valence-electron chi connectivity index (χ0n) is 14.6. The van der Waals surface area contributed by atoms with Crippen molar-refractivity contribution in [3.05, 3.63) is 11.7 Å². The summed E-state index contributed by atoms with van der Waals surface area (Å²) in [6.07, 6.45) is 1.59. The molecule has 1 saturated heterocycles. The quantitative estimate of drug-likeness (QED) is 0.237. The molecule has 1 N–H and O–H groups in total. The van der Waals surface area contributed by atoms with Crippen LogP contribution in [0.4, 0.5) is 0 Å². The number of likely N-dealkylation sites (tertiary alicyclic amines) is 1. The lowest BCUT2D eigenvalue weighted by Crippen LogP contribution is -2.41. The predicted molar refractivity (Wildman–Crippen MR) is 100 cm³/mol. The molecule has 0 bridgehead atoms. The second-order valence-electron chi connectivity index (χ2n) is 5.82. The lowest BCUT2D eigenvalue weighted by atomic mass is 9.99. The number of aryl methyl sites for hydroxylation is 2. The van der Waals surface area contributed by atoms with Crippen molar-refractivity contribution in [1.82, 2.24) is 20.4 Å². The van der Waals surface area contributed by atoms with Crippen molar-refractivity contribution >= 4 is 35.9 Å². The topological polar surface area (TPSA) is 92.9 Å². The highest BCUT2D eigenvalue weighted by molar-refractivity contribution is 14.0. The van der Waals surface area contributed by atoms with E-state index in [1.54, 1.807) is 14.0 Å². The van der Waals surface area contributed by atoms with Crippen LogP contribution in [0, 0.1) is 18.8 Å². The maximum Gasteiger partial charge on any atom is 0.310 e. The molecule has 1 fully saturated rings. The minimum absolute atomic E-state index is 0. The second kappa shape index (κ2) is 9.80. The normalized spacial score (nSPS) is 20.7. The lowest BCUT2D eigenvalue weighted by molar-refractivity contribution is -0.145. The van der Waals surface area contributed by atoms with Gasteiger partial charge in [-0.05, 0) is 19.3 Å². The third-order valence-corrected chi connectivity index (χ3v) is 4.05. The number of hydrogen-bond acceptors (Lipinski definition) is 6. The van der Waals surface area contributed by atoms with Gasteiger partial charge in [-0.25, -0.2) is 0 Å². The summed E-state index contributed by atoms with van der Waals surface area (Å²) >= 11 is 0. The van der Waals surface area contributed by atoms with Gasteiger partial charge in [-0.3, -0.25) is 9.79 Å². The molecule has 9 heteroatoms. The highest BCUT2D eigenvalue weighted by Gasteiger charge is 2.36. The summed E-state index contributed by atoms with van der Waals surface area (Å²) in [5, 5.41) is 7.09. The van der Waals surface area contributed by atoms with Crippen molar-refractivity contribution < 1.29 is 14.1 Å². The minimum Gasteiger partial charge on any atom is -0.469 e. The average Bonchev–Trinajstić information content (AvgIpc) is 3.12. The standard InChI is InChI=1S/C15H25N5O3.HI/c1-10-8-20(9-12(10)14(21)22-4)15(16-3)17-7-5-6-13-18-11(2)19-23-13;/h10,12H,5-9H2,1-4H3,(H,16,17);1H. The van der Waals surface area contributed by atoms with Gasteiger partial charge in [-0.1, -0.05) is 12.1 Å². The van der Waals surface area contributed by atoms with Crippen LogP contribution in [0.3, 0.4) is 0 Å². The fourth-order valence-electron chi connectivity index (χ4n) is 2.81. The van der Waals surface area contributed by atoms with E-state index in [9.17, 15) is 4.79 Å². The number of guanidine groups is 1. The van der Waals surface area contributed by atoms with Gasteiger partial charge < -0.3 is 19.5 Å². The predicted octanol–water partition coefficient (Wildman–Crippen LogP) is 1.24. The van der Waals surface area contributed by atoms with Gasteiger partial charge in [0.25, 0.3) is 0 Å². The molecule has 2 unspecified atom stereocenters. The molecule has 0 radical (unpaired) electrons. The molecule has 2 heterocycles. The van der Waals surface area contributed by atoms with Crippen molar-refractivity contribution in [3.63, 3.8) is 0 Å². The van der Waals surface area contributed by atoms with E-state index in [1.807, 2.05) is 0 Å². The number of methoxy groups -OCH3 is 1. The monoisotopic (exact) mass is 451 g/mol. The number of carbonyl (C=O) groups excluding carboxylic acids is 1. The van der Waals surface area contributed by atoms with Gasteiger partial charge in [0, 0.05) is 33.1 Å². The second-order valence-corrected chi connectivity index (χ2v) is 5.82. The smallest absolute Gasteiger partial charge is 0.310 e. The van der Waals surface area contributed by atoms with Crippen LogP contribution in [0.2, 0.25) is 0 Å². The van der Waals surface area contributed by atoms with E-state index in [0.29, 0.717) is 18.3 Å². The molecule has 24 heavy (non-hydrogen) atoms. The molecule has 1 aliphatic rings. The number of rotatable bonds is 5. The van der Waals surface area contributed by atoms with Crippen molar-refractivity contribution in [2.75, 3.05) is 33.8 Å². The minimum atomic E-state index is -0.151. The van der Waals surface area contributed by atoms with Crippen LogP contribution < -0.4 is 5.32 Å². The largest absolute Gasteiger partial charge is 0.469 e. The van der Waals surface area contributed by atoms with Crippen molar-refractivity contribution in [3.8, 4) is 0 Å². The Balaban J connectivity index is 0.00000288. The number of aromatic nitrogens is 2. The number of esters is 1. The Hall–Kier alpha value is -1.39. The Morgan fingerprint density at radius 3 is 2.83 bits per heavy atom. The molecule has 1 aliphatic heterocycles. The van der Waals surface area contributed by atoms with Crippen molar-refractivity contribution in [1.29, 1.82) is 0 Å². The van der Waals surface area contributed by atoms with Crippen LogP contribution in [0.25, 0.3) is 0 Å². The summed E-state index contributed by atoms with van der Waals surface area (Å²) in [6.45, 7) is 6.05. The molecule has 136 valence electrons. The van der Waals surface area contributed by atoms with E-state index in [-0.39, 0.29) is 41.8 Å². The number of nitrogens with one attached hydrogen (secondary N) is 1. The number of ether oxygens (including phenoxy) is 1. The summed E-state index contributed by atoms with van der Waals surface area (Å²) in [5.74, 6) is 2.12. The van der Waals surface area contributed by atoms with E-state index in [4.69, 9.17) is 9.26 Å². The maximum absolute atomic E-state index is 11.8. The summed E-state index contributed by atoms with van der Waals surface area (Å²) in [4.78, 5) is 22.3. The first kappa shape index (κ1) is 20.7. The first-order valence-electron chi connectivity index (χ1n) is 7.87. The van der Waals surface area contributed by atoms with E-state index < -0.39 is 0 Å². The molecule has 1 aromatic heterocycles. The fourth-order valence-corrected chi connectivity index (χ4v) is 2.81. The molecule has 8 nitrogen and oxygen atoms in total. The van der Waals surface area contributed by atoms with Crippen LogP contribution in [0.5, 0.6) is 0 Å². The zero-order chi connectivity index (χ0) is 16.8. The van der Waals surface area contributed by atoms with Gasteiger partial charge in [0.05, 0.1) is 13.0 Å². The van der Waals surface area contributed by atoms with E-state index >= 15 is 0 Å². The Labute approximate surface area is 159 Å². The number of carbonyl (C=O) groups is 1. The highest BCUT2D eigenvalue weighted by atomic mass is 127.